The van der Waals surface area contributed by atoms with Crippen LogP contribution in [0.3, 0.4) is 0 Å². The molecule has 13 heavy (non-hydrogen) atoms. The molecule has 1 heteroatoms. The summed E-state index contributed by atoms with van der Waals surface area (Å²) in [5, 5.41) is 3.54. The van der Waals surface area contributed by atoms with E-state index in [0.717, 1.165) is 6.54 Å². The van der Waals surface area contributed by atoms with E-state index in [2.05, 4.69) is 33.0 Å². The Kier molecular flexibility index (Phi) is 7.35. The van der Waals surface area contributed by atoms with E-state index in [1.54, 1.807) is 0 Å². The van der Waals surface area contributed by atoms with Gasteiger partial charge in [0.25, 0.3) is 0 Å². The minimum absolute atomic E-state index is 0.477. The molecule has 0 aromatic carbocycles. The van der Waals surface area contributed by atoms with Crippen LogP contribution in [0.15, 0.2) is 0 Å². The Morgan fingerprint density at radius 2 is 1.69 bits per heavy atom. The van der Waals surface area contributed by atoms with Crippen molar-refractivity contribution in [3.8, 4) is 0 Å². The predicted octanol–water partition coefficient (Wildman–Crippen LogP) is 3.59. The first-order valence-corrected chi connectivity index (χ1v) is 5.83. The highest BCUT2D eigenvalue weighted by atomic mass is 14.9. The van der Waals surface area contributed by atoms with E-state index in [0.29, 0.717) is 5.41 Å². The highest BCUT2D eigenvalue weighted by Crippen LogP contribution is 2.17. The van der Waals surface area contributed by atoms with Crippen LogP contribution >= 0.6 is 0 Å². The van der Waals surface area contributed by atoms with Gasteiger partial charge in [0, 0.05) is 6.54 Å². The summed E-state index contributed by atoms with van der Waals surface area (Å²) in [4.78, 5) is 0. The molecule has 0 fully saturated rings. The summed E-state index contributed by atoms with van der Waals surface area (Å²) in [6.07, 6.45) is 6.71. The van der Waals surface area contributed by atoms with Gasteiger partial charge in [-0.1, -0.05) is 47.0 Å². The van der Waals surface area contributed by atoms with E-state index in [4.69, 9.17) is 0 Å². The van der Waals surface area contributed by atoms with Crippen molar-refractivity contribution in [1.29, 1.82) is 0 Å². The molecule has 0 aliphatic rings. The van der Waals surface area contributed by atoms with Gasteiger partial charge in [-0.05, 0) is 24.8 Å². The summed E-state index contributed by atoms with van der Waals surface area (Å²) in [5.41, 5.74) is 0.477. The van der Waals surface area contributed by atoms with Crippen molar-refractivity contribution in [2.45, 2.75) is 59.8 Å². The zero-order valence-electron chi connectivity index (χ0n) is 9.95. The van der Waals surface area contributed by atoms with Crippen molar-refractivity contribution in [1.82, 2.24) is 5.32 Å². The van der Waals surface area contributed by atoms with Gasteiger partial charge in [0.1, 0.15) is 0 Å². The molecule has 0 spiro atoms. The average molecular weight is 185 g/mol. The second kappa shape index (κ2) is 7.37. The van der Waals surface area contributed by atoms with Crippen LogP contribution in [0.5, 0.6) is 0 Å². The first-order chi connectivity index (χ1) is 6.12. The van der Waals surface area contributed by atoms with Crippen molar-refractivity contribution >= 4 is 0 Å². The summed E-state index contributed by atoms with van der Waals surface area (Å²) in [6.45, 7) is 11.5. The smallest absolute Gasteiger partial charge is 0.000241 e. The van der Waals surface area contributed by atoms with E-state index >= 15 is 0 Å². The minimum Gasteiger partial charge on any atom is -0.316 e. The molecule has 0 aliphatic carbocycles. The lowest BCUT2D eigenvalue weighted by molar-refractivity contribution is 0.327. The highest BCUT2D eigenvalue weighted by Gasteiger charge is 2.13. The maximum atomic E-state index is 3.54. The van der Waals surface area contributed by atoms with Gasteiger partial charge in [-0.25, -0.2) is 0 Å². The third-order valence-electron chi connectivity index (χ3n) is 2.77. The Balaban J connectivity index is 3.16. The first kappa shape index (κ1) is 13.0. The number of unbranched alkanes of at least 4 members (excludes halogenated alkanes) is 3. The maximum absolute atomic E-state index is 3.54. The van der Waals surface area contributed by atoms with E-state index in [9.17, 15) is 0 Å². The van der Waals surface area contributed by atoms with Gasteiger partial charge < -0.3 is 5.32 Å². The third-order valence-corrected chi connectivity index (χ3v) is 2.77. The van der Waals surface area contributed by atoms with Crippen LogP contribution in [0.2, 0.25) is 0 Å². The van der Waals surface area contributed by atoms with Crippen molar-refractivity contribution in [3.63, 3.8) is 0 Å². The SMILES string of the molecule is CCCCCCNCC(C)(C)CC. The third kappa shape index (κ3) is 8.29. The molecule has 0 saturated heterocycles. The Bertz CT molecular complexity index is 108. The van der Waals surface area contributed by atoms with Crippen LogP contribution in [0, 0.1) is 5.41 Å². The molecule has 1 N–H and O–H groups in total. The molecule has 0 saturated carbocycles. The summed E-state index contributed by atoms with van der Waals surface area (Å²) >= 11 is 0. The van der Waals surface area contributed by atoms with Crippen LogP contribution < -0.4 is 5.32 Å². The molecule has 0 bridgehead atoms. The summed E-state index contributed by atoms with van der Waals surface area (Å²) < 4.78 is 0. The van der Waals surface area contributed by atoms with Crippen molar-refractivity contribution in [2.24, 2.45) is 5.41 Å². The fraction of sp³-hybridized carbons (Fsp3) is 1.00. The Hall–Kier alpha value is -0.0400. The zero-order chi connectivity index (χ0) is 10.2. The number of rotatable bonds is 8. The molecular formula is C12H27N. The standard InChI is InChI=1S/C12H27N/c1-5-7-8-9-10-13-11-12(3,4)6-2/h13H,5-11H2,1-4H3. The van der Waals surface area contributed by atoms with Crippen molar-refractivity contribution in [2.75, 3.05) is 13.1 Å². The molecule has 0 aliphatic heterocycles. The highest BCUT2D eigenvalue weighted by molar-refractivity contribution is 4.68. The van der Waals surface area contributed by atoms with Crippen molar-refractivity contribution in [3.05, 3.63) is 0 Å². The second-order valence-electron chi connectivity index (χ2n) is 4.76. The lowest BCUT2D eigenvalue weighted by Gasteiger charge is -2.22. The van der Waals surface area contributed by atoms with Crippen LogP contribution in [0.1, 0.15) is 59.8 Å². The number of hydrogen-bond acceptors (Lipinski definition) is 1. The van der Waals surface area contributed by atoms with Gasteiger partial charge in [0.05, 0.1) is 0 Å². The van der Waals surface area contributed by atoms with Gasteiger partial charge in [0.2, 0.25) is 0 Å². The Morgan fingerprint density at radius 3 is 2.23 bits per heavy atom. The molecule has 1 nitrogen and oxygen atoms in total. The summed E-state index contributed by atoms with van der Waals surface area (Å²) in [6, 6.07) is 0. The normalized spacial score (nSPS) is 12.0. The number of hydrogen-bond donors (Lipinski definition) is 1. The van der Waals surface area contributed by atoms with Gasteiger partial charge in [-0.3, -0.25) is 0 Å². The van der Waals surface area contributed by atoms with Crippen LogP contribution in [0.25, 0.3) is 0 Å². The topological polar surface area (TPSA) is 12.0 Å². The Labute approximate surface area is 84.3 Å². The zero-order valence-corrected chi connectivity index (χ0v) is 9.95. The van der Waals surface area contributed by atoms with E-state index in [1.165, 1.54) is 38.6 Å². The average Bonchev–Trinajstić information content (AvgIpc) is 2.11. The molecule has 0 amide bonds. The Morgan fingerprint density at radius 1 is 1.00 bits per heavy atom. The van der Waals surface area contributed by atoms with Crippen LogP contribution in [-0.4, -0.2) is 13.1 Å². The maximum Gasteiger partial charge on any atom is 0.000241 e. The molecule has 0 heterocycles. The summed E-state index contributed by atoms with van der Waals surface area (Å²) in [5.74, 6) is 0. The molecule has 0 atom stereocenters. The van der Waals surface area contributed by atoms with Gasteiger partial charge >= 0.3 is 0 Å². The lowest BCUT2D eigenvalue weighted by atomic mass is 9.90. The van der Waals surface area contributed by atoms with E-state index in [1.807, 2.05) is 0 Å². The van der Waals surface area contributed by atoms with Crippen LogP contribution in [-0.2, 0) is 0 Å². The minimum atomic E-state index is 0.477. The quantitative estimate of drug-likeness (QED) is 0.570. The van der Waals surface area contributed by atoms with Gasteiger partial charge in [-0.2, -0.15) is 0 Å². The molecule has 0 aromatic rings. The first-order valence-electron chi connectivity index (χ1n) is 5.83. The van der Waals surface area contributed by atoms with Crippen LogP contribution in [0.4, 0.5) is 0 Å². The fourth-order valence-electron chi connectivity index (χ4n) is 1.23. The molecule has 0 unspecified atom stereocenters. The largest absolute Gasteiger partial charge is 0.316 e. The molecule has 0 aromatic heterocycles. The van der Waals surface area contributed by atoms with Gasteiger partial charge in [0.15, 0.2) is 0 Å². The lowest BCUT2D eigenvalue weighted by Crippen LogP contribution is -2.29. The van der Waals surface area contributed by atoms with E-state index in [-0.39, 0.29) is 0 Å². The van der Waals surface area contributed by atoms with Crippen molar-refractivity contribution < 1.29 is 0 Å². The predicted molar refractivity (Wildman–Crippen MR) is 61.1 cm³/mol. The fourth-order valence-corrected chi connectivity index (χ4v) is 1.23. The molecule has 0 radical (unpaired) electrons. The molecule has 80 valence electrons. The molecular weight excluding hydrogens is 158 g/mol. The summed E-state index contributed by atoms with van der Waals surface area (Å²) in [7, 11) is 0. The molecule has 0 rings (SSSR count). The van der Waals surface area contributed by atoms with E-state index < -0.39 is 0 Å². The van der Waals surface area contributed by atoms with Gasteiger partial charge in [-0.15, -0.1) is 0 Å². The second-order valence-corrected chi connectivity index (χ2v) is 4.76. The monoisotopic (exact) mass is 185 g/mol. The number of nitrogens with one attached hydrogen (secondary N) is 1.